The van der Waals surface area contributed by atoms with Crippen molar-refractivity contribution in [3.8, 4) is 0 Å². The summed E-state index contributed by atoms with van der Waals surface area (Å²) in [5, 5.41) is 3.85. The van der Waals surface area contributed by atoms with Gasteiger partial charge in [-0.15, -0.1) is 11.8 Å². The summed E-state index contributed by atoms with van der Waals surface area (Å²) in [5.41, 5.74) is 3.75. The average molecular weight is 363 g/mol. The van der Waals surface area contributed by atoms with Gasteiger partial charge in [-0.05, 0) is 41.3 Å². The van der Waals surface area contributed by atoms with E-state index in [4.69, 9.17) is 0 Å². The third-order valence-corrected chi connectivity index (χ3v) is 4.91. The second kappa shape index (κ2) is 8.63. The predicted molar refractivity (Wildman–Crippen MR) is 107 cm³/mol. The summed E-state index contributed by atoms with van der Waals surface area (Å²) in [6.45, 7) is 4.28. The third-order valence-electron chi connectivity index (χ3n) is 3.93. The van der Waals surface area contributed by atoms with Crippen molar-refractivity contribution in [2.45, 2.75) is 30.5 Å². The number of carbonyl (C=O) groups is 1. The van der Waals surface area contributed by atoms with Crippen LogP contribution in [0.5, 0.6) is 0 Å². The van der Waals surface area contributed by atoms with E-state index in [0.29, 0.717) is 11.5 Å². The molecule has 1 N–H and O–H groups in total. The summed E-state index contributed by atoms with van der Waals surface area (Å²) in [4.78, 5) is 20.9. The van der Waals surface area contributed by atoms with Crippen molar-refractivity contribution in [3.05, 3.63) is 83.8 Å². The molecule has 0 saturated heterocycles. The van der Waals surface area contributed by atoms with Gasteiger partial charge in [0.15, 0.2) is 0 Å². The van der Waals surface area contributed by atoms with Gasteiger partial charge in [0, 0.05) is 29.4 Å². The Labute approximate surface area is 158 Å². The van der Waals surface area contributed by atoms with Gasteiger partial charge in [0.2, 0.25) is 0 Å². The summed E-state index contributed by atoms with van der Waals surface area (Å²) in [6.07, 6.45) is 5.07. The van der Waals surface area contributed by atoms with Crippen LogP contribution in [0, 0.1) is 0 Å². The van der Waals surface area contributed by atoms with Crippen molar-refractivity contribution in [2.24, 2.45) is 0 Å². The standard InChI is InChI=1S/C21H21N3OS/c1-15(2)17-6-4-8-19(12-17)24-21(25)18-7-3-5-16(11-18)14-26-20-13-22-9-10-23-20/h3-13,15H,14H2,1-2H3,(H,24,25). The number of amides is 1. The monoisotopic (exact) mass is 363 g/mol. The van der Waals surface area contributed by atoms with Crippen LogP contribution in [-0.4, -0.2) is 15.9 Å². The first-order chi connectivity index (χ1) is 12.6. The molecule has 1 amide bonds. The van der Waals surface area contributed by atoms with Gasteiger partial charge in [0.25, 0.3) is 5.91 Å². The molecule has 0 unspecified atom stereocenters. The molecule has 0 aliphatic rings. The maximum Gasteiger partial charge on any atom is 0.255 e. The molecule has 0 atom stereocenters. The molecule has 0 fully saturated rings. The molecule has 0 aliphatic heterocycles. The quantitative estimate of drug-likeness (QED) is 0.616. The lowest BCUT2D eigenvalue weighted by Gasteiger charge is -2.10. The molecule has 2 aromatic carbocycles. The van der Waals surface area contributed by atoms with E-state index in [0.717, 1.165) is 22.0 Å². The molecule has 0 aliphatic carbocycles. The van der Waals surface area contributed by atoms with E-state index in [-0.39, 0.29) is 5.91 Å². The highest BCUT2D eigenvalue weighted by Gasteiger charge is 2.08. The number of nitrogens with one attached hydrogen (secondary N) is 1. The number of aromatic nitrogens is 2. The van der Waals surface area contributed by atoms with Crippen molar-refractivity contribution in [1.29, 1.82) is 0 Å². The largest absolute Gasteiger partial charge is 0.322 e. The zero-order valence-corrected chi connectivity index (χ0v) is 15.7. The van der Waals surface area contributed by atoms with E-state index < -0.39 is 0 Å². The molecule has 0 spiro atoms. The predicted octanol–water partition coefficient (Wildman–Crippen LogP) is 5.14. The fraction of sp³-hybridized carbons (Fsp3) is 0.190. The van der Waals surface area contributed by atoms with Crippen LogP contribution in [0.3, 0.4) is 0 Å². The van der Waals surface area contributed by atoms with Gasteiger partial charge in [-0.1, -0.05) is 38.1 Å². The van der Waals surface area contributed by atoms with Crippen LogP contribution in [0.2, 0.25) is 0 Å². The zero-order chi connectivity index (χ0) is 18.4. The Morgan fingerprint density at radius 1 is 1.12 bits per heavy atom. The second-order valence-corrected chi connectivity index (χ2v) is 7.26. The smallest absolute Gasteiger partial charge is 0.255 e. The minimum Gasteiger partial charge on any atom is -0.322 e. The topological polar surface area (TPSA) is 54.9 Å². The molecule has 4 nitrogen and oxygen atoms in total. The van der Waals surface area contributed by atoms with Gasteiger partial charge < -0.3 is 5.32 Å². The van der Waals surface area contributed by atoms with E-state index in [1.165, 1.54) is 5.56 Å². The van der Waals surface area contributed by atoms with Crippen molar-refractivity contribution in [1.82, 2.24) is 9.97 Å². The second-order valence-electron chi connectivity index (χ2n) is 6.27. The van der Waals surface area contributed by atoms with Crippen LogP contribution in [-0.2, 0) is 5.75 Å². The minimum absolute atomic E-state index is 0.0998. The highest BCUT2D eigenvalue weighted by atomic mass is 32.2. The van der Waals surface area contributed by atoms with E-state index in [1.807, 2.05) is 42.5 Å². The molecule has 5 heteroatoms. The molecule has 26 heavy (non-hydrogen) atoms. The van der Waals surface area contributed by atoms with E-state index >= 15 is 0 Å². The highest BCUT2D eigenvalue weighted by Crippen LogP contribution is 2.22. The first-order valence-electron chi connectivity index (χ1n) is 8.51. The number of nitrogens with zero attached hydrogens (tertiary/aromatic N) is 2. The number of anilines is 1. The SMILES string of the molecule is CC(C)c1cccc(NC(=O)c2cccc(CSc3cnccn3)c2)c1. The lowest BCUT2D eigenvalue weighted by molar-refractivity contribution is 0.102. The zero-order valence-electron chi connectivity index (χ0n) is 14.8. The lowest BCUT2D eigenvalue weighted by Crippen LogP contribution is -2.12. The molecule has 0 saturated carbocycles. The van der Waals surface area contributed by atoms with Gasteiger partial charge in [0.1, 0.15) is 5.03 Å². The Balaban J connectivity index is 1.67. The molecule has 0 bridgehead atoms. The highest BCUT2D eigenvalue weighted by molar-refractivity contribution is 7.98. The molecular weight excluding hydrogens is 342 g/mol. The fourth-order valence-corrected chi connectivity index (χ4v) is 3.26. The number of hydrogen-bond acceptors (Lipinski definition) is 4. The van der Waals surface area contributed by atoms with Crippen LogP contribution >= 0.6 is 11.8 Å². The molecular formula is C21H21N3OS. The van der Waals surface area contributed by atoms with Crippen LogP contribution < -0.4 is 5.32 Å². The van der Waals surface area contributed by atoms with E-state index in [1.54, 1.807) is 30.4 Å². The Kier molecular flexibility index (Phi) is 6.02. The van der Waals surface area contributed by atoms with Crippen molar-refractivity contribution in [3.63, 3.8) is 0 Å². The first-order valence-corrected chi connectivity index (χ1v) is 9.49. The van der Waals surface area contributed by atoms with Crippen LogP contribution in [0.4, 0.5) is 5.69 Å². The number of thioether (sulfide) groups is 1. The summed E-state index contributed by atoms with van der Waals surface area (Å²) >= 11 is 1.60. The number of rotatable bonds is 6. The minimum atomic E-state index is -0.0998. The van der Waals surface area contributed by atoms with Crippen molar-refractivity contribution < 1.29 is 4.79 Å². The van der Waals surface area contributed by atoms with Crippen LogP contribution in [0.1, 0.15) is 41.3 Å². The van der Waals surface area contributed by atoms with Crippen LogP contribution in [0.15, 0.2) is 72.1 Å². The normalized spacial score (nSPS) is 10.7. The molecule has 1 heterocycles. The molecule has 1 aromatic heterocycles. The summed E-state index contributed by atoms with van der Waals surface area (Å²) in [6, 6.07) is 15.7. The summed E-state index contributed by atoms with van der Waals surface area (Å²) < 4.78 is 0. The number of hydrogen-bond donors (Lipinski definition) is 1. The van der Waals surface area contributed by atoms with E-state index in [2.05, 4.69) is 35.2 Å². The van der Waals surface area contributed by atoms with Crippen LogP contribution in [0.25, 0.3) is 0 Å². The number of benzene rings is 2. The van der Waals surface area contributed by atoms with Crippen molar-refractivity contribution in [2.75, 3.05) is 5.32 Å². The Bertz CT molecular complexity index is 881. The first kappa shape index (κ1) is 18.1. The number of carbonyl (C=O) groups excluding carboxylic acids is 1. The average Bonchev–Trinajstić information content (AvgIpc) is 2.67. The Morgan fingerprint density at radius 3 is 2.73 bits per heavy atom. The fourth-order valence-electron chi connectivity index (χ4n) is 2.50. The van der Waals surface area contributed by atoms with Gasteiger partial charge >= 0.3 is 0 Å². The Morgan fingerprint density at radius 2 is 1.96 bits per heavy atom. The summed E-state index contributed by atoms with van der Waals surface area (Å²) in [5.74, 6) is 1.06. The maximum absolute atomic E-state index is 12.6. The molecule has 3 rings (SSSR count). The van der Waals surface area contributed by atoms with E-state index in [9.17, 15) is 4.79 Å². The lowest BCUT2D eigenvalue weighted by atomic mass is 10.0. The molecule has 132 valence electrons. The maximum atomic E-state index is 12.6. The van der Waals surface area contributed by atoms with Gasteiger partial charge in [-0.25, -0.2) is 4.98 Å². The van der Waals surface area contributed by atoms with Gasteiger partial charge in [-0.3, -0.25) is 9.78 Å². The van der Waals surface area contributed by atoms with Crippen molar-refractivity contribution >= 4 is 23.4 Å². The van der Waals surface area contributed by atoms with Gasteiger partial charge in [0.05, 0.1) is 6.20 Å². The van der Waals surface area contributed by atoms with Gasteiger partial charge in [-0.2, -0.15) is 0 Å². The summed E-state index contributed by atoms with van der Waals surface area (Å²) in [7, 11) is 0. The third kappa shape index (κ3) is 4.92. The Hall–Kier alpha value is -2.66. The molecule has 0 radical (unpaired) electrons. The molecule has 3 aromatic rings.